The number of anilines is 1. The van der Waals surface area contributed by atoms with E-state index in [-0.39, 0.29) is 11.7 Å². The van der Waals surface area contributed by atoms with Gasteiger partial charge < -0.3 is 15.3 Å². The summed E-state index contributed by atoms with van der Waals surface area (Å²) in [5, 5.41) is 13.7. The van der Waals surface area contributed by atoms with E-state index in [0.717, 1.165) is 5.56 Å². The van der Waals surface area contributed by atoms with E-state index in [1.807, 2.05) is 30.3 Å². The number of carbonyl (C=O) groups is 1. The molecule has 1 amide bonds. The van der Waals surface area contributed by atoms with Crippen molar-refractivity contribution in [3.05, 3.63) is 65.5 Å². The summed E-state index contributed by atoms with van der Waals surface area (Å²) in [5.74, 6) is -0.509. The lowest BCUT2D eigenvalue weighted by molar-refractivity contribution is -0.123. The second kappa shape index (κ2) is 6.58. The molecule has 2 N–H and O–H groups in total. The molecule has 0 saturated heterocycles. The maximum absolute atomic E-state index is 13.8. The van der Waals surface area contributed by atoms with Crippen molar-refractivity contribution < 1.29 is 14.3 Å². The zero-order valence-corrected chi connectivity index (χ0v) is 14.7. The lowest BCUT2D eigenvalue weighted by Gasteiger charge is -2.33. The second-order valence-electron chi connectivity index (χ2n) is 6.94. The normalized spacial score (nSPS) is 18.1. The van der Waals surface area contributed by atoms with Gasteiger partial charge in [0.2, 0.25) is 5.91 Å². The van der Waals surface area contributed by atoms with Crippen LogP contribution in [0.4, 0.5) is 10.1 Å². The third-order valence-corrected chi connectivity index (χ3v) is 4.84. The van der Waals surface area contributed by atoms with Crippen molar-refractivity contribution in [1.82, 2.24) is 5.32 Å². The molecule has 2 aromatic carbocycles. The Kier molecular flexibility index (Phi) is 4.62. The highest BCUT2D eigenvalue weighted by atomic mass is 19.1. The minimum Gasteiger partial charge on any atom is -0.389 e. The van der Waals surface area contributed by atoms with Crippen LogP contribution in [-0.2, 0) is 10.2 Å². The van der Waals surface area contributed by atoms with Gasteiger partial charge in [-0.2, -0.15) is 0 Å². The number of hydrogen-bond donors (Lipinski definition) is 2. The maximum Gasteiger partial charge on any atom is 0.237 e. The zero-order valence-electron chi connectivity index (χ0n) is 14.7. The van der Waals surface area contributed by atoms with Crippen LogP contribution in [0, 0.1) is 5.82 Å². The van der Waals surface area contributed by atoms with Crippen molar-refractivity contribution in [3.8, 4) is 0 Å². The van der Waals surface area contributed by atoms with E-state index in [2.05, 4.69) is 5.32 Å². The van der Waals surface area contributed by atoms with Crippen molar-refractivity contribution in [2.24, 2.45) is 0 Å². The van der Waals surface area contributed by atoms with Crippen molar-refractivity contribution >= 4 is 11.6 Å². The standard InChI is InChI=1S/C20H23FN2O2/c1-20(2)15-11-14(21)9-10-16(15)23(19(20)25)18(17(24)12-22-3)13-7-5-4-6-8-13/h4-11,17-18,22,24H,12H2,1-3H3/t17-,18+/m1/s1. The van der Waals surface area contributed by atoms with Gasteiger partial charge >= 0.3 is 0 Å². The van der Waals surface area contributed by atoms with E-state index in [4.69, 9.17) is 0 Å². The molecule has 0 spiro atoms. The fraction of sp³-hybridized carbons (Fsp3) is 0.350. The first kappa shape index (κ1) is 17.6. The number of halogens is 1. The van der Waals surface area contributed by atoms with Gasteiger partial charge in [-0.3, -0.25) is 4.79 Å². The van der Waals surface area contributed by atoms with Gasteiger partial charge in [0.25, 0.3) is 0 Å². The third-order valence-electron chi connectivity index (χ3n) is 4.84. The number of likely N-dealkylation sites (N-methyl/N-ethyl adjacent to an activating group) is 1. The van der Waals surface area contributed by atoms with Crippen LogP contribution in [0.1, 0.15) is 31.0 Å². The Balaban J connectivity index is 2.15. The predicted molar refractivity (Wildman–Crippen MR) is 96.0 cm³/mol. The second-order valence-corrected chi connectivity index (χ2v) is 6.94. The molecule has 0 radical (unpaired) electrons. The lowest BCUT2D eigenvalue weighted by atomic mass is 9.86. The largest absolute Gasteiger partial charge is 0.389 e. The Morgan fingerprint density at radius 1 is 1.20 bits per heavy atom. The molecule has 25 heavy (non-hydrogen) atoms. The number of aliphatic hydroxyl groups excluding tert-OH is 1. The molecule has 3 rings (SSSR count). The zero-order chi connectivity index (χ0) is 18.2. The van der Waals surface area contributed by atoms with Gasteiger partial charge in [0.15, 0.2) is 0 Å². The van der Waals surface area contributed by atoms with Crippen LogP contribution < -0.4 is 10.2 Å². The Labute approximate surface area is 147 Å². The SMILES string of the molecule is CNC[C@@H](O)[C@H](c1ccccc1)N1C(=O)C(C)(C)c2cc(F)ccc21. The highest BCUT2D eigenvalue weighted by molar-refractivity contribution is 6.08. The van der Waals surface area contributed by atoms with E-state index in [9.17, 15) is 14.3 Å². The minimum atomic E-state index is -0.843. The molecule has 0 aromatic heterocycles. The van der Waals surface area contributed by atoms with Gasteiger partial charge in [0.1, 0.15) is 5.82 Å². The highest BCUT2D eigenvalue weighted by Gasteiger charge is 2.48. The Hall–Kier alpha value is -2.24. The molecule has 132 valence electrons. The molecule has 5 heteroatoms. The van der Waals surface area contributed by atoms with Gasteiger partial charge in [-0.05, 0) is 50.2 Å². The van der Waals surface area contributed by atoms with E-state index < -0.39 is 17.6 Å². The number of aliphatic hydroxyl groups is 1. The molecule has 1 aliphatic rings. The quantitative estimate of drug-likeness (QED) is 0.878. The molecule has 2 atom stereocenters. The van der Waals surface area contributed by atoms with Crippen molar-refractivity contribution in [3.63, 3.8) is 0 Å². The molecular weight excluding hydrogens is 319 g/mol. The van der Waals surface area contributed by atoms with Crippen LogP contribution in [0.2, 0.25) is 0 Å². The topological polar surface area (TPSA) is 52.6 Å². The first-order chi connectivity index (χ1) is 11.9. The van der Waals surface area contributed by atoms with Crippen molar-refractivity contribution in [1.29, 1.82) is 0 Å². The van der Waals surface area contributed by atoms with E-state index in [1.165, 1.54) is 12.1 Å². The summed E-state index contributed by atoms with van der Waals surface area (Å²) in [6.07, 6.45) is -0.803. The molecule has 0 bridgehead atoms. The van der Waals surface area contributed by atoms with Crippen LogP contribution in [0.5, 0.6) is 0 Å². The van der Waals surface area contributed by atoms with Gasteiger partial charge in [-0.1, -0.05) is 30.3 Å². The minimum absolute atomic E-state index is 0.142. The van der Waals surface area contributed by atoms with Crippen LogP contribution >= 0.6 is 0 Å². The van der Waals surface area contributed by atoms with Crippen molar-refractivity contribution in [2.45, 2.75) is 31.4 Å². The number of nitrogens with one attached hydrogen (secondary N) is 1. The monoisotopic (exact) mass is 342 g/mol. The molecule has 0 fully saturated rings. The smallest absolute Gasteiger partial charge is 0.237 e. The van der Waals surface area contributed by atoms with Gasteiger partial charge in [0, 0.05) is 12.2 Å². The molecule has 4 nitrogen and oxygen atoms in total. The number of benzene rings is 2. The Morgan fingerprint density at radius 2 is 1.88 bits per heavy atom. The third kappa shape index (κ3) is 2.94. The molecule has 1 heterocycles. The van der Waals surface area contributed by atoms with E-state index in [1.54, 1.807) is 31.9 Å². The molecule has 0 saturated carbocycles. The predicted octanol–water partition coefficient (Wildman–Crippen LogP) is 2.77. The molecule has 2 aromatic rings. The summed E-state index contributed by atoms with van der Waals surface area (Å²) in [5.41, 5.74) is 1.30. The van der Waals surface area contributed by atoms with Gasteiger partial charge in [-0.15, -0.1) is 0 Å². The van der Waals surface area contributed by atoms with Gasteiger partial charge in [-0.25, -0.2) is 4.39 Å². The fourth-order valence-corrected chi connectivity index (χ4v) is 3.54. The number of nitrogens with zero attached hydrogens (tertiary/aromatic N) is 1. The summed E-state index contributed by atoms with van der Waals surface area (Å²) in [7, 11) is 1.75. The average Bonchev–Trinajstić information content (AvgIpc) is 2.77. The Bertz CT molecular complexity index is 777. The fourth-order valence-electron chi connectivity index (χ4n) is 3.54. The summed E-state index contributed by atoms with van der Waals surface area (Å²) in [6.45, 7) is 3.92. The molecule has 0 aliphatic carbocycles. The molecular formula is C20H23FN2O2. The van der Waals surface area contributed by atoms with E-state index >= 15 is 0 Å². The molecule has 1 aliphatic heterocycles. The van der Waals surface area contributed by atoms with Crippen LogP contribution in [-0.4, -0.2) is 30.7 Å². The molecule has 0 unspecified atom stereocenters. The van der Waals surface area contributed by atoms with Crippen LogP contribution in [0.3, 0.4) is 0 Å². The number of carbonyl (C=O) groups excluding carboxylic acids is 1. The highest BCUT2D eigenvalue weighted by Crippen LogP contribution is 2.46. The van der Waals surface area contributed by atoms with E-state index in [0.29, 0.717) is 17.8 Å². The van der Waals surface area contributed by atoms with Crippen molar-refractivity contribution in [2.75, 3.05) is 18.5 Å². The number of fused-ring (bicyclic) bond motifs is 1. The van der Waals surface area contributed by atoms with Crippen LogP contribution in [0.15, 0.2) is 48.5 Å². The summed E-state index contributed by atoms with van der Waals surface area (Å²) >= 11 is 0. The number of amides is 1. The first-order valence-electron chi connectivity index (χ1n) is 8.39. The summed E-state index contributed by atoms with van der Waals surface area (Å²) in [6, 6.07) is 13.3. The first-order valence-corrected chi connectivity index (χ1v) is 8.39. The average molecular weight is 342 g/mol. The lowest BCUT2D eigenvalue weighted by Crippen LogP contribution is -2.45. The van der Waals surface area contributed by atoms with Crippen LogP contribution in [0.25, 0.3) is 0 Å². The Morgan fingerprint density at radius 3 is 2.52 bits per heavy atom. The number of rotatable bonds is 5. The summed E-state index contributed by atoms with van der Waals surface area (Å²) in [4.78, 5) is 14.8. The van der Waals surface area contributed by atoms with Gasteiger partial charge in [0.05, 0.1) is 17.6 Å². The number of hydrogen-bond acceptors (Lipinski definition) is 3. The summed E-state index contributed by atoms with van der Waals surface area (Å²) < 4.78 is 13.8. The maximum atomic E-state index is 13.8.